The number of carbonyl (C=O) groups excluding carboxylic acids is 1. The van der Waals surface area contributed by atoms with Crippen molar-refractivity contribution in [2.45, 2.75) is 4.90 Å². The van der Waals surface area contributed by atoms with Crippen LogP contribution in [-0.2, 0) is 0 Å². The van der Waals surface area contributed by atoms with Crippen molar-refractivity contribution in [3.05, 3.63) is 60.7 Å². The molecule has 0 heterocycles. The van der Waals surface area contributed by atoms with Crippen LogP contribution < -0.4 is 0 Å². The van der Waals surface area contributed by atoms with Gasteiger partial charge in [0.2, 0.25) is 0 Å². The monoisotopic (exact) mass is 249 g/mol. The number of halogens is 1. The molecule has 3 heteroatoms. The molecule has 0 saturated carbocycles. The van der Waals surface area contributed by atoms with Crippen molar-refractivity contribution >= 4 is 27.9 Å². The predicted molar refractivity (Wildman–Crippen MR) is 69.4 cm³/mol. The highest BCUT2D eigenvalue weighted by Gasteiger charge is 2.12. The van der Waals surface area contributed by atoms with E-state index < -0.39 is 0 Å². The quantitative estimate of drug-likeness (QED) is 0.410. The third-order valence-corrected chi connectivity index (χ3v) is 2.94. The van der Waals surface area contributed by atoms with Crippen LogP contribution in [0.4, 0.5) is 4.42 Å². The smallest absolute Gasteiger partial charge is 0.188 e. The maximum absolute atomic E-state index is 6.01. The maximum atomic E-state index is 6.01. The van der Waals surface area contributed by atoms with E-state index in [-0.39, 0.29) is 0 Å². The lowest BCUT2D eigenvalue weighted by molar-refractivity contribution is -0.00798. The van der Waals surface area contributed by atoms with Crippen LogP contribution in [0.25, 0.3) is 0 Å². The third kappa shape index (κ3) is 3.40. The molecule has 2 rings (SSSR count). The molecule has 0 aromatic heterocycles. The van der Waals surface area contributed by atoms with Crippen molar-refractivity contribution in [3.63, 3.8) is 0 Å². The van der Waals surface area contributed by atoms with E-state index >= 15 is 0 Å². The lowest BCUT2D eigenvalue weighted by atomic mass is 10.3. The molecule has 0 bridgehead atoms. The van der Waals surface area contributed by atoms with E-state index in [2.05, 4.69) is 0 Å². The van der Waals surface area contributed by atoms with Crippen molar-refractivity contribution < 1.29 is 4.42 Å². The molecular weight excluding hydrogens is 240 g/mol. The molecule has 0 unspecified atom stereocenters. The van der Waals surface area contributed by atoms with Gasteiger partial charge < -0.3 is 0 Å². The first-order valence-electron chi connectivity index (χ1n) is 4.83. The third-order valence-electron chi connectivity index (χ3n) is 1.88. The van der Waals surface area contributed by atoms with Gasteiger partial charge in [0, 0.05) is 40.4 Å². The Morgan fingerprint density at radius 2 is 1.44 bits per heavy atom. The van der Waals surface area contributed by atoms with Gasteiger partial charge in [-0.05, 0) is 12.1 Å². The van der Waals surface area contributed by atoms with Gasteiger partial charge in [-0.3, -0.25) is 0 Å². The molecule has 2 aromatic carbocycles. The predicted octanol–water partition coefficient (Wildman–Crippen LogP) is 5.09. The number of thioether (sulfide) groups is 1. The zero-order valence-electron chi connectivity index (χ0n) is 8.47. The van der Waals surface area contributed by atoms with E-state index in [4.69, 9.17) is 16.0 Å². The summed E-state index contributed by atoms with van der Waals surface area (Å²) in [5, 5.41) is 0. The van der Waals surface area contributed by atoms with E-state index in [0.29, 0.717) is 4.57 Å². The van der Waals surface area contributed by atoms with Gasteiger partial charge in [-0.25, -0.2) is 0 Å². The molecule has 80 valence electrons. The first kappa shape index (κ1) is 11.2. The number of rotatable bonds is 2. The molecular formula is C13H10ClOS+. The normalized spacial score (nSPS) is 11.4. The highest BCUT2D eigenvalue weighted by atomic mass is 35.5. The summed E-state index contributed by atoms with van der Waals surface area (Å²) in [6.45, 7) is 0. The van der Waals surface area contributed by atoms with Crippen LogP contribution in [0.1, 0.15) is 0 Å². The first-order valence-corrected chi connectivity index (χ1v) is 6.02. The van der Waals surface area contributed by atoms with Crippen molar-refractivity contribution in [1.29, 1.82) is 0 Å². The van der Waals surface area contributed by atoms with Gasteiger partial charge >= 0.3 is 10.3 Å². The second-order valence-corrected chi connectivity index (χ2v) is 4.68. The molecule has 2 aromatic rings. The molecule has 0 atom stereocenters. The second-order valence-electron chi connectivity index (χ2n) is 3.07. The van der Waals surface area contributed by atoms with Crippen molar-refractivity contribution in [2.75, 3.05) is 0 Å². The Hall–Kier alpha value is -1.25. The minimum Gasteiger partial charge on any atom is -0.188 e. The molecule has 0 aliphatic heterocycles. The van der Waals surface area contributed by atoms with E-state index in [1.807, 2.05) is 60.7 Å². The number of hydrogen-bond donors (Lipinski definition) is 0. The minimum atomic E-state index is 0.400. The SMILES string of the molecule is ClC(=[O+]c1ccccc1)Sc1ccccc1. The highest BCUT2D eigenvalue weighted by Crippen LogP contribution is 2.28. The molecule has 0 N–H and O–H groups in total. The highest BCUT2D eigenvalue weighted by molar-refractivity contribution is 8.16. The Balaban J connectivity index is 2.09. The fourth-order valence-electron chi connectivity index (χ4n) is 1.18. The molecule has 0 saturated heterocycles. The summed E-state index contributed by atoms with van der Waals surface area (Å²) >= 11 is 7.41. The number of benzene rings is 2. The second kappa shape index (κ2) is 5.73. The van der Waals surface area contributed by atoms with Gasteiger partial charge in [0.1, 0.15) is 0 Å². The summed E-state index contributed by atoms with van der Waals surface area (Å²) in [5.41, 5.74) is 0. The maximum Gasteiger partial charge on any atom is 0.464 e. The Kier molecular flexibility index (Phi) is 4.03. The Morgan fingerprint density at radius 3 is 2.06 bits per heavy atom. The molecule has 0 fully saturated rings. The summed E-state index contributed by atoms with van der Waals surface area (Å²) in [6.07, 6.45) is 0. The zero-order chi connectivity index (χ0) is 11.2. The van der Waals surface area contributed by atoms with E-state index in [1.54, 1.807) is 0 Å². The Labute approximate surface area is 104 Å². The Bertz CT molecular complexity index is 468. The lowest BCUT2D eigenvalue weighted by Gasteiger charge is -1.90. The molecule has 16 heavy (non-hydrogen) atoms. The van der Waals surface area contributed by atoms with Gasteiger partial charge in [-0.15, -0.1) is 0 Å². The van der Waals surface area contributed by atoms with Crippen LogP contribution in [0.3, 0.4) is 0 Å². The van der Waals surface area contributed by atoms with Gasteiger partial charge in [0.25, 0.3) is 0 Å². The fraction of sp³-hybridized carbons (Fsp3) is 0. The van der Waals surface area contributed by atoms with Crippen LogP contribution in [0, 0.1) is 0 Å². The van der Waals surface area contributed by atoms with Crippen LogP contribution in [0.5, 0.6) is 5.75 Å². The van der Waals surface area contributed by atoms with Crippen molar-refractivity contribution in [1.82, 2.24) is 0 Å². The topological polar surface area (TPSA) is 11.3 Å². The molecule has 0 radical (unpaired) electrons. The molecule has 1 nitrogen and oxygen atoms in total. The summed E-state index contributed by atoms with van der Waals surface area (Å²) in [4.78, 5) is 1.06. The van der Waals surface area contributed by atoms with E-state index in [0.717, 1.165) is 10.6 Å². The average Bonchev–Trinajstić information content (AvgIpc) is 2.31. The summed E-state index contributed by atoms with van der Waals surface area (Å²) in [6, 6.07) is 19.4. The first-order chi connectivity index (χ1) is 7.84. The van der Waals surface area contributed by atoms with E-state index in [9.17, 15) is 0 Å². The van der Waals surface area contributed by atoms with Gasteiger partial charge in [0.15, 0.2) is 0 Å². The molecule has 0 aliphatic carbocycles. The average molecular weight is 250 g/mol. The van der Waals surface area contributed by atoms with E-state index in [1.165, 1.54) is 11.8 Å². The standard InChI is InChI=1S/C13H10ClOS/c14-13(15-11-7-3-1-4-8-11)16-12-9-5-2-6-10-12/h1-10H/q+1. The number of hydrogen-bond acceptors (Lipinski definition) is 1. The zero-order valence-corrected chi connectivity index (χ0v) is 10.0. The minimum absolute atomic E-state index is 0.400. The van der Waals surface area contributed by atoms with Gasteiger partial charge in [-0.2, -0.15) is 4.42 Å². The molecule has 0 spiro atoms. The van der Waals surface area contributed by atoms with Gasteiger partial charge in [-0.1, -0.05) is 36.4 Å². The fourth-order valence-corrected chi connectivity index (χ4v) is 2.16. The lowest BCUT2D eigenvalue weighted by Crippen LogP contribution is -1.75. The van der Waals surface area contributed by atoms with Crippen LogP contribution in [0.2, 0.25) is 0 Å². The largest absolute Gasteiger partial charge is 0.464 e. The van der Waals surface area contributed by atoms with Crippen LogP contribution in [0.15, 0.2) is 65.6 Å². The molecule has 0 amide bonds. The number of para-hydroxylation sites is 1. The summed E-state index contributed by atoms with van der Waals surface area (Å²) < 4.78 is 5.86. The Morgan fingerprint density at radius 1 is 0.875 bits per heavy atom. The van der Waals surface area contributed by atoms with Gasteiger partial charge in [0.05, 0.1) is 0 Å². The van der Waals surface area contributed by atoms with Crippen molar-refractivity contribution in [3.8, 4) is 5.75 Å². The summed E-state index contributed by atoms with van der Waals surface area (Å²) in [7, 11) is 0. The van der Waals surface area contributed by atoms with Crippen molar-refractivity contribution in [2.24, 2.45) is 0 Å². The molecule has 0 aliphatic rings. The summed E-state index contributed by atoms with van der Waals surface area (Å²) in [5.74, 6) is 0.746. The van der Waals surface area contributed by atoms with Crippen LogP contribution in [-0.4, -0.2) is 4.57 Å². The van der Waals surface area contributed by atoms with Crippen LogP contribution >= 0.6 is 23.4 Å².